The lowest BCUT2D eigenvalue weighted by Gasteiger charge is -2.22. The average Bonchev–Trinajstić information content (AvgIpc) is 2.98. The average molecular weight is 460 g/mol. The zero-order valence-electron chi connectivity index (χ0n) is 16.2. The number of benzene rings is 2. The smallest absolute Gasteiger partial charge is 0.290 e. The minimum atomic E-state index is -0.647. The Bertz CT molecular complexity index is 1180. The number of carbonyl (C=O) groups excluding carboxylic acids is 1. The molecule has 4 rings (SSSR count). The molecule has 0 saturated heterocycles. The number of halogens is 1. The Hall–Kier alpha value is -3.00. The number of methoxy groups -OCH3 is 3. The van der Waals surface area contributed by atoms with E-state index in [1.807, 2.05) is 0 Å². The van der Waals surface area contributed by atoms with Crippen molar-refractivity contribution in [2.24, 2.45) is 0 Å². The first kappa shape index (κ1) is 19.3. The third-order valence-electron chi connectivity index (χ3n) is 5.07. The highest BCUT2D eigenvalue weighted by atomic mass is 79.9. The second-order valence-corrected chi connectivity index (χ2v) is 7.51. The number of rotatable bonds is 4. The summed E-state index contributed by atoms with van der Waals surface area (Å²) in [5, 5.41) is 0.402. The summed E-state index contributed by atoms with van der Waals surface area (Å²) in [6.07, 6.45) is 0. The van der Waals surface area contributed by atoms with E-state index >= 15 is 0 Å². The summed E-state index contributed by atoms with van der Waals surface area (Å²) in [5.41, 5.74) is 1.05. The van der Waals surface area contributed by atoms with Crippen LogP contribution in [0.3, 0.4) is 0 Å². The molecule has 0 N–H and O–H groups in total. The molecule has 29 heavy (non-hydrogen) atoms. The van der Waals surface area contributed by atoms with E-state index < -0.39 is 6.04 Å². The normalized spacial score (nSPS) is 15.6. The molecule has 2 heterocycles. The molecule has 150 valence electrons. The number of hydrogen-bond donors (Lipinski definition) is 0. The summed E-state index contributed by atoms with van der Waals surface area (Å²) in [6, 6.07) is 7.94. The second kappa shape index (κ2) is 7.11. The molecule has 1 aliphatic rings. The molecular formula is C21H18BrNO6. The SMILES string of the molecule is COc1cc([C@H]2c3c(oc4ccc(Br)cc4c3=O)C(=O)N2C)cc(OC)c1OC. The summed E-state index contributed by atoms with van der Waals surface area (Å²) in [6.45, 7) is 0. The molecule has 0 unspecified atom stereocenters. The second-order valence-electron chi connectivity index (χ2n) is 6.59. The van der Waals surface area contributed by atoms with Gasteiger partial charge in [-0.15, -0.1) is 0 Å². The van der Waals surface area contributed by atoms with E-state index in [-0.39, 0.29) is 22.7 Å². The zero-order valence-corrected chi connectivity index (χ0v) is 17.8. The lowest BCUT2D eigenvalue weighted by molar-refractivity contribution is 0.0771. The third-order valence-corrected chi connectivity index (χ3v) is 5.56. The summed E-state index contributed by atoms with van der Waals surface area (Å²) >= 11 is 3.38. The van der Waals surface area contributed by atoms with Crippen LogP contribution in [0.4, 0.5) is 0 Å². The molecule has 0 saturated carbocycles. The number of amides is 1. The molecule has 0 bridgehead atoms. The van der Waals surface area contributed by atoms with Crippen molar-refractivity contribution in [1.29, 1.82) is 0 Å². The van der Waals surface area contributed by atoms with Crippen molar-refractivity contribution in [3.05, 3.63) is 61.9 Å². The van der Waals surface area contributed by atoms with Crippen LogP contribution in [0.2, 0.25) is 0 Å². The summed E-state index contributed by atoms with van der Waals surface area (Å²) in [5.74, 6) is 0.986. The lowest BCUT2D eigenvalue weighted by Crippen LogP contribution is -2.25. The predicted octanol–water partition coefficient (Wildman–Crippen LogP) is 3.76. The molecule has 3 aromatic rings. The monoisotopic (exact) mass is 459 g/mol. The van der Waals surface area contributed by atoms with Crippen molar-refractivity contribution in [1.82, 2.24) is 4.90 Å². The molecule has 1 aliphatic heterocycles. The Labute approximate surface area is 174 Å². The van der Waals surface area contributed by atoms with Crippen molar-refractivity contribution >= 4 is 32.8 Å². The van der Waals surface area contributed by atoms with Crippen molar-refractivity contribution < 1.29 is 23.4 Å². The number of fused-ring (bicyclic) bond motifs is 2. The molecule has 1 atom stereocenters. The van der Waals surface area contributed by atoms with Gasteiger partial charge in [0.2, 0.25) is 11.5 Å². The highest BCUT2D eigenvalue weighted by Gasteiger charge is 2.41. The number of hydrogen-bond acceptors (Lipinski definition) is 6. The lowest BCUT2D eigenvalue weighted by atomic mass is 9.98. The van der Waals surface area contributed by atoms with Gasteiger partial charge >= 0.3 is 0 Å². The minimum Gasteiger partial charge on any atom is -0.493 e. The van der Waals surface area contributed by atoms with E-state index in [0.29, 0.717) is 33.8 Å². The summed E-state index contributed by atoms with van der Waals surface area (Å²) in [7, 11) is 6.17. The van der Waals surface area contributed by atoms with Gasteiger partial charge in [-0.1, -0.05) is 15.9 Å². The number of nitrogens with zero attached hydrogens (tertiary/aromatic N) is 1. The first-order valence-corrected chi connectivity index (χ1v) is 9.53. The standard InChI is InChI=1S/C21H18BrNO6/c1-23-17(10-7-14(26-2)19(28-4)15(8-10)27-3)16-18(24)12-9-11(22)5-6-13(12)29-20(16)21(23)25/h5-9,17H,1-4H3/t17-/m0/s1. The Kier molecular flexibility index (Phi) is 4.74. The van der Waals surface area contributed by atoms with E-state index in [1.54, 1.807) is 37.4 Å². The molecule has 7 nitrogen and oxygen atoms in total. The molecule has 0 spiro atoms. The van der Waals surface area contributed by atoms with Crippen LogP contribution in [-0.4, -0.2) is 39.2 Å². The molecule has 0 aliphatic carbocycles. The molecule has 0 fully saturated rings. The summed E-state index contributed by atoms with van der Waals surface area (Å²) < 4.78 is 22.8. The van der Waals surface area contributed by atoms with Gasteiger partial charge in [-0.25, -0.2) is 0 Å². The van der Waals surface area contributed by atoms with Crippen molar-refractivity contribution in [2.45, 2.75) is 6.04 Å². The number of carbonyl (C=O) groups is 1. The molecule has 1 amide bonds. The van der Waals surface area contributed by atoms with Crippen LogP contribution in [0.5, 0.6) is 17.2 Å². The Morgan fingerprint density at radius 3 is 2.24 bits per heavy atom. The van der Waals surface area contributed by atoms with E-state index in [2.05, 4.69) is 15.9 Å². The maximum Gasteiger partial charge on any atom is 0.290 e. The molecule has 2 aromatic carbocycles. The first-order valence-electron chi connectivity index (χ1n) is 8.74. The van der Waals surface area contributed by atoms with Crippen LogP contribution in [0.15, 0.2) is 44.0 Å². The van der Waals surface area contributed by atoms with E-state index in [1.165, 1.54) is 26.2 Å². The molecular weight excluding hydrogens is 442 g/mol. The predicted molar refractivity (Wildman–Crippen MR) is 110 cm³/mol. The van der Waals surface area contributed by atoms with Gasteiger partial charge in [-0.05, 0) is 35.9 Å². The topological polar surface area (TPSA) is 78.2 Å². The van der Waals surface area contributed by atoms with E-state index in [0.717, 1.165) is 4.47 Å². The van der Waals surface area contributed by atoms with Crippen LogP contribution < -0.4 is 19.6 Å². The van der Waals surface area contributed by atoms with Gasteiger partial charge in [0.15, 0.2) is 16.9 Å². The van der Waals surface area contributed by atoms with Crippen LogP contribution >= 0.6 is 15.9 Å². The van der Waals surface area contributed by atoms with Gasteiger partial charge < -0.3 is 23.5 Å². The van der Waals surface area contributed by atoms with Crippen molar-refractivity contribution in [3.8, 4) is 17.2 Å². The maximum absolute atomic E-state index is 13.3. The van der Waals surface area contributed by atoms with Gasteiger partial charge in [-0.2, -0.15) is 0 Å². The fourth-order valence-electron chi connectivity index (χ4n) is 3.71. The minimum absolute atomic E-state index is 0.0473. The van der Waals surface area contributed by atoms with Gasteiger partial charge in [0, 0.05) is 11.5 Å². The summed E-state index contributed by atoms with van der Waals surface area (Å²) in [4.78, 5) is 27.7. The highest BCUT2D eigenvalue weighted by molar-refractivity contribution is 9.10. The zero-order chi connectivity index (χ0) is 20.9. The van der Waals surface area contributed by atoms with Gasteiger partial charge in [-0.3, -0.25) is 9.59 Å². The van der Waals surface area contributed by atoms with Crippen molar-refractivity contribution in [3.63, 3.8) is 0 Å². The van der Waals surface area contributed by atoms with Gasteiger partial charge in [0.05, 0.1) is 38.3 Å². The van der Waals surface area contributed by atoms with Crippen LogP contribution in [0.1, 0.15) is 27.7 Å². The van der Waals surface area contributed by atoms with Crippen LogP contribution in [-0.2, 0) is 0 Å². The van der Waals surface area contributed by atoms with Gasteiger partial charge in [0.1, 0.15) is 5.58 Å². The third kappa shape index (κ3) is 2.86. The fraction of sp³-hybridized carbons (Fsp3) is 0.238. The number of ether oxygens (including phenoxy) is 3. The van der Waals surface area contributed by atoms with E-state index in [4.69, 9.17) is 18.6 Å². The highest BCUT2D eigenvalue weighted by Crippen LogP contribution is 2.44. The van der Waals surface area contributed by atoms with Crippen molar-refractivity contribution in [2.75, 3.05) is 28.4 Å². The van der Waals surface area contributed by atoms with Gasteiger partial charge in [0.25, 0.3) is 5.91 Å². The Morgan fingerprint density at radius 2 is 1.66 bits per heavy atom. The Balaban J connectivity index is 2.01. The van der Waals surface area contributed by atoms with E-state index in [9.17, 15) is 9.59 Å². The molecule has 8 heteroatoms. The molecule has 0 radical (unpaired) electrons. The Morgan fingerprint density at radius 1 is 1.00 bits per heavy atom. The first-order chi connectivity index (χ1) is 13.9. The quantitative estimate of drug-likeness (QED) is 0.590. The largest absolute Gasteiger partial charge is 0.493 e. The maximum atomic E-state index is 13.3. The van der Waals surface area contributed by atoms with Crippen LogP contribution in [0, 0.1) is 0 Å². The van der Waals surface area contributed by atoms with Crippen LogP contribution in [0.25, 0.3) is 11.0 Å². The molecule has 1 aromatic heterocycles. The fourth-order valence-corrected chi connectivity index (χ4v) is 4.07.